The van der Waals surface area contributed by atoms with Gasteiger partial charge < -0.3 is 0 Å². The quantitative estimate of drug-likeness (QED) is 0.150. The van der Waals surface area contributed by atoms with Gasteiger partial charge in [-0.2, -0.15) is 0 Å². The van der Waals surface area contributed by atoms with E-state index in [1.807, 2.05) is 30.3 Å². The molecule has 230 valence electrons. The Morgan fingerprint density at radius 3 is 1.88 bits per heavy atom. The van der Waals surface area contributed by atoms with E-state index in [1.165, 1.54) is 38.7 Å². The van der Waals surface area contributed by atoms with Crippen molar-refractivity contribution < 1.29 is 9.13 Å². The average Bonchev–Trinajstić information content (AvgIpc) is 3.68. The van der Waals surface area contributed by atoms with Crippen LogP contribution in [0, 0.1) is 5.82 Å². The Labute approximate surface area is 293 Å². The topological polar surface area (TPSA) is 12.5 Å². The number of halogens is 1. The Bertz CT molecular complexity index is 2600. The summed E-state index contributed by atoms with van der Waals surface area (Å²) in [5.41, 5.74) is 2.69. The Morgan fingerprint density at radius 1 is 0.500 bits per heavy atom. The fraction of sp³-hybridized carbons (Fsp3) is 0. The Hall–Kier alpha value is -4.54. The first-order valence-corrected chi connectivity index (χ1v) is 19.8. The van der Waals surface area contributed by atoms with E-state index < -0.39 is 0 Å². The molecule has 48 heavy (non-hydrogen) atoms. The summed E-state index contributed by atoms with van der Waals surface area (Å²) in [6.45, 7) is 0. The number of hydrogen-bond acceptors (Lipinski definition) is 3. The summed E-state index contributed by atoms with van der Waals surface area (Å²) >= 11 is 2.01. The second-order valence-corrected chi connectivity index (χ2v) is 17.1. The summed E-state index contributed by atoms with van der Waals surface area (Å²) in [5.74, 6) is 1.31. The number of benzene rings is 7. The van der Waals surface area contributed by atoms with Crippen molar-refractivity contribution in [2.75, 3.05) is 4.90 Å². The molecule has 0 saturated heterocycles. The molecule has 0 fully saturated rings. The van der Waals surface area contributed by atoms with Gasteiger partial charge in [0.05, 0.1) is 0 Å². The third kappa shape index (κ3) is 5.46. The van der Waals surface area contributed by atoms with Crippen molar-refractivity contribution in [1.82, 2.24) is 0 Å². The van der Waals surface area contributed by atoms with Crippen LogP contribution in [0.1, 0.15) is 0 Å². The van der Waals surface area contributed by atoms with Crippen LogP contribution in [0.15, 0.2) is 168 Å². The molecule has 0 saturated carbocycles. The molecule has 0 aliphatic carbocycles. The van der Waals surface area contributed by atoms with Crippen molar-refractivity contribution in [1.29, 1.82) is 0 Å². The second kappa shape index (κ2) is 12.5. The molecule has 2 nitrogen and oxygen atoms in total. The van der Waals surface area contributed by atoms with Crippen LogP contribution < -0.4 is 9.64 Å². The van der Waals surface area contributed by atoms with E-state index in [-0.39, 0.29) is 34.8 Å². The van der Waals surface area contributed by atoms with E-state index in [0.29, 0.717) is 0 Å². The predicted octanol–water partition coefficient (Wildman–Crippen LogP) is 12.0. The minimum absolute atomic E-state index is 0.0419. The van der Waals surface area contributed by atoms with Crippen molar-refractivity contribution in [2.45, 2.75) is 9.79 Å². The van der Waals surface area contributed by atoms with Crippen molar-refractivity contribution in [2.24, 2.45) is 0 Å². The first-order chi connectivity index (χ1) is 23.7. The first-order valence-electron chi connectivity index (χ1n) is 15.6. The molecule has 0 radical (unpaired) electrons. The summed E-state index contributed by atoms with van der Waals surface area (Å²) in [6, 6.07) is 53.9. The zero-order valence-corrected chi connectivity index (χ0v) is 29.7. The number of ether oxygens (including phenoxy) is 1. The van der Waals surface area contributed by atoms with Gasteiger partial charge in [-0.1, -0.05) is 0 Å². The van der Waals surface area contributed by atoms with Gasteiger partial charge in [0.15, 0.2) is 0 Å². The zero-order chi connectivity index (χ0) is 32.0. The Morgan fingerprint density at radius 2 is 1.12 bits per heavy atom. The van der Waals surface area contributed by atoms with Crippen LogP contribution in [0.2, 0.25) is 0 Å². The molecular weight excluding hydrogens is 743 g/mol. The van der Waals surface area contributed by atoms with Gasteiger partial charge in [-0.05, 0) is 0 Å². The molecule has 6 heteroatoms. The molecule has 0 unspecified atom stereocenters. The van der Waals surface area contributed by atoms with Gasteiger partial charge in [0.2, 0.25) is 0 Å². The van der Waals surface area contributed by atoms with Gasteiger partial charge in [0.1, 0.15) is 0 Å². The monoisotopic (exact) mass is 771 g/mol. The fourth-order valence-electron chi connectivity index (χ4n) is 6.35. The molecule has 2 aromatic heterocycles. The number of fused-ring (bicyclic) bond motifs is 6. The average molecular weight is 770 g/mol. The number of hydrogen-bond donors (Lipinski definition) is 0. The molecule has 0 spiro atoms. The van der Waals surface area contributed by atoms with E-state index in [1.54, 1.807) is 23.9 Å². The zero-order valence-electron chi connectivity index (χ0n) is 25.5. The second-order valence-electron chi connectivity index (χ2n) is 11.5. The molecule has 0 aliphatic heterocycles. The summed E-state index contributed by atoms with van der Waals surface area (Å²) in [6.07, 6.45) is 0. The summed E-state index contributed by atoms with van der Waals surface area (Å²) in [5, 5.41) is 4.92. The minimum atomic E-state index is -0.226. The van der Waals surface area contributed by atoms with Gasteiger partial charge in [0, 0.05) is 0 Å². The van der Waals surface area contributed by atoms with Gasteiger partial charge in [-0.15, -0.1) is 0 Å². The fourth-order valence-corrected chi connectivity index (χ4v) is 12.4. The Balaban J connectivity index is 1.17. The molecule has 0 N–H and O–H groups in total. The van der Waals surface area contributed by atoms with Crippen LogP contribution in [0.3, 0.4) is 0 Å². The molecule has 0 bridgehead atoms. The van der Waals surface area contributed by atoms with Gasteiger partial charge >= 0.3 is 295 Å². The number of nitrogens with zero attached hydrogens (tertiary/aromatic N) is 1. The standard InChI is InChI=1S/C42H26FNOSSe2/c43-27-22-35(41-33-18-7-9-20-37(33)47-39(41)23-27)44(28-12-3-1-4-13-28)29-14-11-15-30(24-29)45-31-25-36(46-32-16-5-2-6-17-32)42-34-19-8-10-21-38(34)48-40(42)26-31/h1-26H. The predicted molar refractivity (Wildman–Crippen MR) is 202 cm³/mol. The van der Waals surface area contributed by atoms with Crippen LogP contribution in [0.5, 0.6) is 11.5 Å². The summed E-state index contributed by atoms with van der Waals surface area (Å²) in [7, 11) is 0. The molecule has 9 aromatic rings. The normalized spacial score (nSPS) is 11.5. The summed E-state index contributed by atoms with van der Waals surface area (Å²) in [4.78, 5) is 4.55. The van der Waals surface area contributed by atoms with Crippen LogP contribution in [0.4, 0.5) is 21.5 Å². The van der Waals surface area contributed by atoms with E-state index in [2.05, 4.69) is 120 Å². The first kappa shape index (κ1) is 29.6. The van der Waals surface area contributed by atoms with Crippen molar-refractivity contribution in [3.8, 4) is 11.5 Å². The van der Waals surface area contributed by atoms with Crippen LogP contribution >= 0.6 is 11.8 Å². The van der Waals surface area contributed by atoms with Crippen LogP contribution in [-0.2, 0) is 0 Å². The number of anilines is 3. The van der Waals surface area contributed by atoms with Gasteiger partial charge in [-0.3, -0.25) is 0 Å². The number of rotatable bonds is 7. The van der Waals surface area contributed by atoms with Gasteiger partial charge in [-0.25, -0.2) is 0 Å². The number of para-hydroxylation sites is 1. The summed E-state index contributed by atoms with van der Waals surface area (Å²) < 4.78 is 27.2. The van der Waals surface area contributed by atoms with E-state index in [9.17, 15) is 0 Å². The maximum absolute atomic E-state index is 15.4. The van der Waals surface area contributed by atoms with E-state index in [0.717, 1.165) is 38.2 Å². The SMILES string of the molecule is Fc1cc(N(c2ccccc2)c2cccc(Oc3cc(Sc4ccccc4)c4c(c3)[se]c3ccccc34)c2)c2c(c1)[se]c1ccccc12. The Kier molecular flexibility index (Phi) is 7.69. The van der Waals surface area contributed by atoms with Crippen LogP contribution in [-0.4, -0.2) is 29.0 Å². The van der Waals surface area contributed by atoms with Gasteiger partial charge in [0.25, 0.3) is 0 Å². The van der Waals surface area contributed by atoms with E-state index >= 15 is 4.39 Å². The molecule has 7 aromatic carbocycles. The maximum atomic E-state index is 15.4. The van der Waals surface area contributed by atoms with Crippen molar-refractivity contribution >= 4 is 96.4 Å². The third-order valence-corrected chi connectivity index (χ3v) is 14.1. The van der Waals surface area contributed by atoms with Crippen molar-refractivity contribution in [3.63, 3.8) is 0 Å². The molecule has 0 atom stereocenters. The third-order valence-electron chi connectivity index (χ3n) is 8.38. The molecule has 0 aliphatic rings. The molecular formula is C42H26FNOSSe2. The van der Waals surface area contributed by atoms with Crippen LogP contribution in [0.25, 0.3) is 38.6 Å². The van der Waals surface area contributed by atoms with Crippen molar-refractivity contribution in [3.05, 3.63) is 164 Å². The molecule has 0 amide bonds. The van der Waals surface area contributed by atoms with E-state index in [4.69, 9.17) is 4.74 Å². The molecule has 9 rings (SSSR count). The molecule has 2 heterocycles.